The third kappa shape index (κ3) is 3.23. The van der Waals surface area contributed by atoms with Crippen LogP contribution in [0.3, 0.4) is 0 Å². The molecule has 6 nitrogen and oxygen atoms in total. The van der Waals surface area contributed by atoms with E-state index in [9.17, 15) is 4.79 Å². The van der Waals surface area contributed by atoms with Gasteiger partial charge in [0.1, 0.15) is 5.69 Å². The van der Waals surface area contributed by atoms with Gasteiger partial charge in [-0.3, -0.25) is 9.89 Å². The summed E-state index contributed by atoms with van der Waals surface area (Å²) in [5.41, 5.74) is 3.49. The molecule has 1 N–H and O–H groups in total. The van der Waals surface area contributed by atoms with Crippen LogP contribution in [0.25, 0.3) is 11.0 Å². The maximum atomic E-state index is 12.9. The lowest BCUT2D eigenvalue weighted by Gasteiger charge is -2.23. The van der Waals surface area contributed by atoms with Crippen LogP contribution in [-0.4, -0.2) is 43.1 Å². The third-order valence-electron chi connectivity index (χ3n) is 5.25. The summed E-state index contributed by atoms with van der Waals surface area (Å²) in [6, 6.07) is 10.3. The van der Waals surface area contributed by atoms with Crippen LogP contribution in [0.2, 0.25) is 0 Å². The summed E-state index contributed by atoms with van der Waals surface area (Å²) in [4.78, 5) is 19.3. The Morgan fingerprint density at radius 3 is 3.12 bits per heavy atom. The van der Waals surface area contributed by atoms with Crippen LogP contribution < -0.4 is 0 Å². The molecular formula is C20H25N5O. The Labute approximate surface area is 153 Å². The van der Waals surface area contributed by atoms with Crippen LogP contribution in [0, 0.1) is 0 Å². The summed E-state index contributed by atoms with van der Waals surface area (Å²) in [6.07, 6.45) is 7.48. The first-order valence-corrected chi connectivity index (χ1v) is 9.51. The number of imidazole rings is 1. The number of nitrogens with one attached hydrogen (secondary N) is 1. The second-order valence-corrected chi connectivity index (χ2v) is 7.08. The van der Waals surface area contributed by atoms with E-state index in [2.05, 4.69) is 26.7 Å². The number of hydrogen-bond donors (Lipinski definition) is 1. The standard InChI is InChI=1S/C20H25N5O/c1-2-3-7-16-8-6-11-25(16)20(26)18-12-15(22-23-18)13-24-14-21-17-9-4-5-10-19(17)24/h4-5,9-10,12,14,16H,2-3,6-8,11,13H2,1H3,(H,22,23)/t16-/m1/s1. The Morgan fingerprint density at radius 2 is 2.23 bits per heavy atom. The Morgan fingerprint density at radius 1 is 1.35 bits per heavy atom. The Balaban J connectivity index is 1.48. The van der Waals surface area contributed by atoms with Gasteiger partial charge in [-0.15, -0.1) is 0 Å². The molecule has 1 aromatic carbocycles. The highest BCUT2D eigenvalue weighted by molar-refractivity contribution is 5.92. The molecule has 0 unspecified atom stereocenters. The summed E-state index contributed by atoms with van der Waals surface area (Å²) < 4.78 is 2.07. The number of carbonyl (C=O) groups is 1. The molecule has 6 heteroatoms. The Bertz CT molecular complexity index is 896. The average molecular weight is 351 g/mol. The molecule has 136 valence electrons. The van der Waals surface area contributed by atoms with E-state index in [0.717, 1.165) is 42.5 Å². The fourth-order valence-electron chi connectivity index (χ4n) is 3.86. The lowest BCUT2D eigenvalue weighted by molar-refractivity contribution is 0.0723. The molecule has 0 bridgehead atoms. The number of fused-ring (bicyclic) bond motifs is 1. The number of H-pyrrole nitrogens is 1. The molecule has 1 atom stereocenters. The van der Waals surface area contributed by atoms with Crippen LogP contribution in [0.15, 0.2) is 36.7 Å². The molecule has 0 saturated carbocycles. The second kappa shape index (κ2) is 7.32. The predicted octanol–water partition coefficient (Wildman–Crippen LogP) is 3.60. The smallest absolute Gasteiger partial charge is 0.274 e. The van der Waals surface area contributed by atoms with Gasteiger partial charge in [0, 0.05) is 12.6 Å². The summed E-state index contributed by atoms with van der Waals surface area (Å²) >= 11 is 0. The van der Waals surface area contributed by atoms with Gasteiger partial charge in [0.2, 0.25) is 0 Å². The largest absolute Gasteiger partial charge is 0.334 e. The van der Waals surface area contributed by atoms with Gasteiger partial charge in [0.15, 0.2) is 0 Å². The molecule has 1 aliphatic rings. The number of rotatable bonds is 6. The molecule has 3 heterocycles. The summed E-state index contributed by atoms with van der Waals surface area (Å²) in [7, 11) is 0. The SMILES string of the molecule is CCCC[C@@H]1CCCN1C(=O)c1cc(Cn2cnc3ccccc32)[nH]n1. The minimum Gasteiger partial charge on any atom is -0.334 e. The number of aromatic amines is 1. The van der Waals surface area contributed by atoms with Crippen LogP contribution in [0.1, 0.15) is 55.2 Å². The van der Waals surface area contributed by atoms with Crippen LogP contribution in [0.5, 0.6) is 0 Å². The zero-order valence-electron chi connectivity index (χ0n) is 15.2. The van der Waals surface area contributed by atoms with Gasteiger partial charge in [-0.05, 0) is 37.5 Å². The molecule has 1 saturated heterocycles. The topological polar surface area (TPSA) is 66.8 Å². The van der Waals surface area contributed by atoms with Crippen molar-refractivity contribution in [3.8, 4) is 0 Å². The molecule has 0 radical (unpaired) electrons. The molecule has 2 aromatic heterocycles. The minimum atomic E-state index is 0.0570. The van der Waals surface area contributed by atoms with Gasteiger partial charge in [0.05, 0.1) is 29.6 Å². The quantitative estimate of drug-likeness (QED) is 0.738. The Hall–Kier alpha value is -2.63. The number of benzene rings is 1. The van der Waals surface area contributed by atoms with Crippen molar-refractivity contribution < 1.29 is 4.79 Å². The fraction of sp³-hybridized carbons (Fsp3) is 0.450. The molecule has 26 heavy (non-hydrogen) atoms. The first-order chi connectivity index (χ1) is 12.8. The van der Waals surface area contributed by atoms with E-state index in [1.54, 1.807) is 0 Å². The summed E-state index contributed by atoms with van der Waals surface area (Å²) in [5, 5.41) is 7.31. The molecule has 1 aliphatic heterocycles. The first kappa shape index (κ1) is 16.8. The maximum Gasteiger partial charge on any atom is 0.274 e. The van der Waals surface area contributed by atoms with E-state index in [0.29, 0.717) is 18.3 Å². The third-order valence-corrected chi connectivity index (χ3v) is 5.25. The number of carbonyl (C=O) groups excluding carboxylic acids is 1. The molecule has 1 amide bonds. The number of para-hydroxylation sites is 2. The lowest BCUT2D eigenvalue weighted by Crippen LogP contribution is -2.35. The number of nitrogens with zero attached hydrogens (tertiary/aromatic N) is 4. The summed E-state index contributed by atoms with van der Waals surface area (Å²) in [6.45, 7) is 3.67. The van der Waals surface area contributed by atoms with Crippen LogP contribution in [-0.2, 0) is 6.54 Å². The fourth-order valence-corrected chi connectivity index (χ4v) is 3.86. The van der Waals surface area contributed by atoms with Crippen molar-refractivity contribution in [2.24, 2.45) is 0 Å². The molecule has 0 aliphatic carbocycles. The minimum absolute atomic E-state index is 0.0570. The van der Waals surface area contributed by atoms with E-state index in [1.165, 1.54) is 12.8 Å². The lowest BCUT2D eigenvalue weighted by atomic mass is 10.1. The summed E-state index contributed by atoms with van der Waals surface area (Å²) in [5.74, 6) is 0.0570. The van der Waals surface area contributed by atoms with Crippen LogP contribution in [0.4, 0.5) is 0 Å². The molecule has 4 rings (SSSR count). The van der Waals surface area contributed by atoms with Crippen molar-refractivity contribution >= 4 is 16.9 Å². The van der Waals surface area contributed by atoms with Crippen molar-refractivity contribution in [1.82, 2.24) is 24.6 Å². The van der Waals surface area contributed by atoms with E-state index in [1.807, 2.05) is 41.6 Å². The van der Waals surface area contributed by atoms with Gasteiger partial charge >= 0.3 is 0 Å². The maximum absolute atomic E-state index is 12.9. The number of amides is 1. The highest BCUT2D eigenvalue weighted by Crippen LogP contribution is 2.24. The van der Waals surface area contributed by atoms with Crippen molar-refractivity contribution in [1.29, 1.82) is 0 Å². The highest BCUT2D eigenvalue weighted by atomic mass is 16.2. The van der Waals surface area contributed by atoms with Crippen molar-refractivity contribution in [3.63, 3.8) is 0 Å². The molecule has 3 aromatic rings. The second-order valence-electron chi connectivity index (χ2n) is 7.08. The molecule has 0 spiro atoms. The predicted molar refractivity (Wildman–Crippen MR) is 101 cm³/mol. The van der Waals surface area contributed by atoms with E-state index >= 15 is 0 Å². The Kier molecular flexibility index (Phi) is 4.73. The van der Waals surface area contributed by atoms with Gasteiger partial charge in [-0.1, -0.05) is 31.9 Å². The van der Waals surface area contributed by atoms with E-state index < -0.39 is 0 Å². The highest BCUT2D eigenvalue weighted by Gasteiger charge is 2.30. The monoisotopic (exact) mass is 351 g/mol. The first-order valence-electron chi connectivity index (χ1n) is 9.51. The molecular weight excluding hydrogens is 326 g/mol. The zero-order chi connectivity index (χ0) is 17.9. The van der Waals surface area contributed by atoms with Crippen molar-refractivity contribution in [3.05, 3.63) is 48.0 Å². The number of likely N-dealkylation sites (tertiary alicyclic amines) is 1. The van der Waals surface area contributed by atoms with Crippen LogP contribution >= 0.6 is 0 Å². The molecule has 1 fully saturated rings. The van der Waals surface area contributed by atoms with Crippen molar-refractivity contribution in [2.75, 3.05) is 6.54 Å². The van der Waals surface area contributed by atoms with Gasteiger partial charge in [-0.2, -0.15) is 5.10 Å². The van der Waals surface area contributed by atoms with Gasteiger partial charge < -0.3 is 9.47 Å². The van der Waals surface area contributed by atoms with E-state index in [4.69, 9.17) is 0 Å². The normalized spacial score (nSPS) is 17.3. The number of hydrogen-bond acceptors (Lipinski definition) is 3. The average Bonchev–Trinajstić information content (AvgIpc) is 3.40. The van der Waals surface area contributed by atoms with Crippen molar-refractivity contribution in [2.45, 2.75) is 51.6 Å². The van der Waals surface area contributed by atoms with Gasteiger partial charge in [-0.25, -0.2) is 4.98 Å². The van der Waals surface area contributed by atoms with E-state index in [-0.39, 0.29) is 5.91 Å². The number of unbranched alkanes of at least 4 members (excludes halogenated alkanes) is 1. The zero-order valence-corrected chi connectivity index (χ0v) is 15.2. The van der Waals surface area contributed by atoms with Gasteiger partial charge in [0.25, 0.3) is 5.91 Å². The number of aromatic nitrogens is 4.